The third kappa shape index (κ3) is 4.22. The Morgan fingerprint density at radius 2 is 1.88 bits per heavy atom. The molecular formula is C19H21NO5S. The van der Waals surface area contributed by atoms with Crippen LogP contribution in [0.15, 0.2) is 42.5 Å². The van der Waals surface area contributed by atoms with Gasteiger partial charge in [0.05, 0.1) is 17.9 Å². The molecule has 1 aliphatic heterocycles. The predicted octanol–water partition coefficient (Wildman–Crippen LogP) is 1.57. The lowest BCUT2D eigenvalue weighted by molar-refractivity contribution is -0.151. The van der Waals surface area contributed by atoms with Gasteiger partial charge in [0, 0.05) is 13.1 Å². The van der Waals surface area contributed by atoms with Crippen LogP contribution in [0.25, 0.3) is 10.8 Å². The smallest absolute Gasteiger partial charge is 0.310 e. The van der Waals surface area contributed by atoms with Crippen LogP contribution in [0.5, 0.6) is 0 Å². The summed E-state index contributed by atoms with van der Waals surface area (Å²) in [5, 5.41) is 2.02. The zero-order chi connectivity index (χ0) is 18.7. The minimum absolute atomic E-state index is 0.0286. The van der Waals surface area contributed by atoms with Crippen molar-refractivity contribution in [2.75, 3.05) is 25.2 Å². The van der Waals surface area contributed by atoms with E-state index in [1.165, 1.54) is 4.90 Å². The third-order valence-electron chi connectivity index (χ3n) is 4.72. The van der Waals surface area contributed by atoms with Crippen LogP contribution in [0.3, 0.4) is 0 Å². The fraction of sp³-hybridized carbons (Fsp3) is 0.368. The van der Waals surface area contributed by atoms with Crippen LogP contribution in [0.4, 0.5) is 0 Å². The highest BCUT2D eigenvalue weighted by atomic mass is 32.2. The van der Waals surface area contributed by atoms with Crippen molar-refractivity contribution in [2.45, 2.75) is 18.9 Å². The number of nitrogens with zero attached hydrogens (tertiary/aromatic N) is 1. The molecule has 2 aromatic carbocycles. The maximum atomic E-state index is 12.2. The Morgan fingerprint density at radius 3 is 2.62 bits per heavy atom. The molecule has 3 rings (SSSR count). The number of amides is 1. The van der Waals surface area contributed by atoms with E-state index in [2.05, 4.69) is 0 Å². The van der Waals surface area contributed by atoms with Crippen molar-refractivity contribution in [3.8, 4) is 0 Å². The summed E-state index contributed by atoms with van der Waals surface area (Å²) in [6.07, 6.45) is 0.505. The molecule has 2 aromatic rings. The largest absolute Gasteiger partial charge is 0.455 e. The number of sulfone groups is 1. The molecule has 0 N–H and O–H groups in total. The fourth-order valence-electron chi connectivity index (χ4n) is 3.18. The molecule has 0 bridgehead atoms. The number of likely N-dealkylation sites (N-methyl/N-ethyl adjacent to an activating group) is 1. The zero-order valence-electron chi connectivity index (χ0n) is 14.6. The number of hydrogen-bond donors (Lipinski definition) is 0. The second-order valence-electron chi connectivity index (χ2n) is 6.54. The van der Waals surface area contributed by atoms with Gasteiger partial charge in [0.25, 0.3) is 5.91 Å². The maximum absolute atomic E-state index is 12.2. The second-order valence-corrected chi connectivity index (χ2v) is 8.77. The van der Waals surface area contributed by atoms with Gasteiger partial charge >= 0.3 is 5.97 Å². The minimum atomic E-state index is -3.07. The molecule has 0 aliphatic carbocycles. The molecule has 1 heterocycles. The Labute approximate surface area is 152 Å². The molecule has 0 aromatic heterocycles. The minimum Gasteiger partial charge on any atom is -0.455 e. The van der Waals surface area contributed by atoms with E-state index in [4.69, 9.17) is 4.74 Å². The molecule has 26 heavy (non-hydrogen) atoms. The third-order valence-corrected chi connectivity index (χ3v) is 6.47. The molecule has 1 atom stereocenters. The van der Waals surface area contributed by atoms with Crippen molar-refractivity contribution < 1.29 is 22.7 Å². The van der Waals surface area contributed by atoms with Crippen molar-refractivity contribution >= 4 is 32.5 Å². The number of fused-ring (bicyclic) bond motifs is 1. The van der Waals surface area contributed by atoms with Gasteiger partial charge in [0.2, 0.25) is 0 Å². The van der Waals surface area contributed by atoms with Crippen molar-refractivity contribution in [3.05, 3.63) is 48.0 Å². The molecule has 1 saturated heterocycles. The van der Waals surface area contributed by atoms with Gasteiger partial charge in [0.15, 0.2) is 16.4 Å². The van der Waals surface area contributed by atoms with Crippen molar-refractivity contribution in [3.63, 3.8) is 0 Å². The number of hydrogen-bond acceptors (Lipinski definition) is 5. The van der Waals surface area contributed by atoms with Crippen LogP contribution >= 0.6 is 0 Å². The van der Waals surface area contributed by atoms with Crippen LogP contribution in [-0.2, 0) is 30.6 Å². The van der Waals surface area contributed by atoms with Gasteiger partial charge < -0.3 is 9.64 Å². The highest BCUT2D eigenvalue weighted by molar-refractivity contribution is 7.91. The number of esters is 1. The first-order valence-electron chi connectivity index (χ1n) is 8.44. The number of benzene rings is 2. The fourth-order valence-corrected chi connectivity index (χ4v) is 4.96. The monoisotopic (exact) mass is 375 g/mol. The lowest BCUT2D eigenvalue weighted by Crippen LogP contribution is -2.40. The van der Waals surface area contributed by atoms with Gasteiger partial charge in [-0.15, -0.1) is 0 Å². The lowest BCUT2D eigenvalue weighted by atomic mass is 10.0. The standard InChI is InChI=1S/C19H21NO5S/c1-20(16-9-10-26(23,24)13-16)18(21)12-25-19(22)11-15-7-4-6-14-5-2-3-8-17(14)15/h2-8,16H,9-13H2,1H3. The second kappa shape index (κ2) is 7.45. The van der Waals surface area contributed by atoms with Crippen LogP contribution in [0.1, 0.15) is 12.0 Å². The average Bonchev–Trinajstić information content (AvgIpc) is 2.99. The molecule has 1 fully saturated rings. The molecule has 1 amide bonds. The summed E-state index contributed by atoms with van der Waals surface area (Å²) in [5.41, 5.74) is 0.843. The van der Waals surface area contributed by atoms with Gasteiger partial charge in [-0.1, -0.05) is 42.5 Å². The molecule has 0 radical (unpaired) electrons. The Hall–Kier alpha value is -2.41. The van der Waals surface area contributed by atoms with E-state index >= 15 is 0 Å². The van der Waals surface area contributed by atoms with Gasteiger partial charge in [-0.2, -0.15) is 0 Å². The average molecular weight is 375 g/mol. The first-order chi connectivity index (χ1) is 12.4. The van der Waals surface area contributed by atoms with Gasteiger partial charge in [-0.05, 0) is 22.8 Å². The summed E-state index contributed by atoms with van der Waals surface area (Å²) in [4.78, 5) is 25.7. The van der Waals surface area contributed by atoms with Gasteiger partial charge in [-0.25, -0.2) is 8.42 Å². The molecule has 0 saturated carbocycles. The molecule has 0 spiro atoms. The summed E-state index contributed by atoms with van der Waals surface area (Å²) in [7, 11) is -1.52. The van der Waals surface area contributed by atoms with E-state index in [0.717, 1.165) is 16.3 Å². The molecule has 6 nitrogen and oxygen atoms in total. The lowest BCUT2D eigenvalue weighted by Gasteiger charge is -2.23. The van der Waals surface area contributed by atoms with E-state index < -0.39 is 21.7 Å². The van der Waals surface area contributed by atoms with Gasteiger partial charge in [-0.3, -0.25) is 9.59 Å². The van der Waals surface area contributed by atoms with Crippen LogP contribution in [0.2, 0.25) is 0 Å². The summed E-state index contributed by atoms with van der Waals surface area (Å²) >= 11 is 0. The summed E-state index contributed by atoms with van der Waals surface area (Å²) in [6, 6.07) is 13.1. The number of ether oxygens (including phenoxy) is 1. The molecule has 7 heteroatoms. The molecule has 1 unspecified atom stereocenters. The first kappa shape index (κ1) is 18.4. The van der Waals surface area contributed by atoms with E-state index in [1.807, 2.05) is 42.5 Å². The van der Waals surface area contributed by atoms with E-state index in [9.17, 15) is 18.0 Å². The zero-order valence-corrected chi connectivity index (χ0v) is 15.4. The van der Waals surface area contributed by atoms with Crippen LogP contribution in [0, 0.1) is 0 Å². The number of rotatable bonds is 5. The van der Waals surface area contributed by atoms with E-state index in [1.54, 1.807) is 7.05 Å². The predicted molar refractivity (Wildman–Crippen MR) is 98.4 cm³/mol. The van der Waals surface area contributed by atoms with Crippen LogP contribution in [-0.4, -0.2) is 56.4 Å². The number of carbonyl (C=O) groups is 2. The summed E-state index contributed by atoms with van der Waals surface area (Å²) in [5.74, 6) is -0.810. The molecule has 1 aliphatic rings. The van der Waals surface area contributed by atoms with E-state index in [-0.39, 0.29) is 30.6 Å². The maximum Gasteiger partial charge on any atom is 0.310 e. The number of carbonyl (C=O) groups excluding carboxylic acids is 2. The van der Waals surface area contributed by atoms with Crippen molar-refractivity contribution in [1.29, 1.82) is 0 Å². The molecule has 138 valence electrons. The quantitative estimate of drug-likeness (QED) is 0.741. The Balaban J connectivity index is 1.56. The van der Waals surface area contributed by atoms with Crippen molar-refractivity contribution in [1.82, 2.24) is 4.90 Å². The van der Waals surface area contributed by atoms with Crippen molar-refractivity contribution in [2.24, 2.45) is 0 Å². The van der Waals surface area contributed by atoms with E-state index in [0.29, 0.717) is 6.42 Å². The topological polar surface area (TPSA) is 80.8 Å². The highest BCUT2D eigenvalue weighted by Crippen LogP contribution is 2.19. The van der Waals surface area contributed by atoms with Gasteiger partial charge in [0.1, 0.15) is 0 Å². The Kier molecular flexibility index (Phi) is 5.27. The van der Waals surface area contributed by atoms with Crippen LogP contribution < -0.4 is 0 Å². The highest BCUT2D eigenvalue weighted by Gasteiger charge is 2.32. The molecular weight excluding hydrogens is 354 g/mol. The Morgan fingerprint density at radius 1 is 1.15 bits per heavy atom. The first-order valence-corrected chi connectivity index (χ1v) is 10.3. The summed E-state index contributed by atoms with van der Waals surface area (Å²) < 4.78 is 28.2. The Bertz CT molecular complexity index is 933. The SMILES string of the molecule is CN(C(=O)COC(=O)Cc1cccc2ccccc12)C1CCS(=O)(=O)C1. The normalized spacial score (nSPS) is 18.6. The summed E-state index contributed by atoms with van der Waals surface area (Å²) in [6.45, 7) is -0.378.